The Morgan fingerprint density at radius 3 is 3.08 bits per heavy atom. The summed E-state index contributed by atoms with van der Waals surface area (Å²) >= 11 is 0. The highest BCUT2D eigenvalue weighted by Crippen LogP contribution is 2.33. The summed E-state index contributed by atoms with van der Waals surface area (Å²) < 4.78 is 10.8. The summed E-state index contributed by atoms with van der Waals surface area (Å²) in [7, 11) is 0. The molecular formula is C17H21N5O3. The number of aromatic nitrogens is 3. The van der Waals surface area contributed by atoms with Crippen LogP contribution in [0.1, 0.15) is 19.8 Å². The summed E-state index contributed by atoms with van der Waals surface area (Å²) in [4.78, 5) is 26.4. The summed E-state index contributed by atoms with van der Waals surface area (Å²) in [5.74, 6) is 1.04. The Morgan fingerprint density at radius 1 is 1.44 bits per heavy atom. The van der Waals surface area contributed by atoms with Crippen LogP contribution in [0.15, 0.2) is 30.9 Å². The van der Waals surface area contributed by atoms with Crippen LogP contribution in [0.25, 0.3) is 0 Å². The second-order valence-corrected chi connectivity index (χ2v) is 5.74. The van der Waals surface area contributed by atoms with Gasteiger partial charge in [0.1, 0.15) is 17.8 Å². The van der Waals surface area contributed by atoms with E-state index in [4.69, 9.17) is 15.2 Å². The second-order valence-electron chi connectivity index (χ2n) is 5.74. The van der Waals surface area contributed by atoms with Crippen LogP contribution in [0.5, 0.6) is 11.6 Å². The Bertz CT molecular complexity index is 725. The minimum atomic E-state index is -0.175. The Kier molecular flexibility index (Phi) is 5.27. The van der Waals surface area contributed by atoms with Gasteiger partial charge in [0, 0.05) is 19.3 Å². The van der Waals surface area contributed by atoms with Gasteiger partial charge in [-0.25, -0.2) is 4.98 Å². The quantitative estimate of drug-likeness (QED) is 0.823. The van der Waals surface area contributed by atoms with E-state index in [2.05, 4.69) is 15.0 Å². The minimum Gasteiger partial charge on any atom is -0.466 e. The van der Waals surface area contributed by atoms with Crippen molar-refractivity contribution in [2.24, 2.45) is 5.92 Å². The van der Waals surface area contributed by atoms with Gasteiger partial charge in [0.15, 0.2) is 5.82 Å². The van der Waals surface area contributed by atoms with Crippen molar-refractivity contribution >= 4 is 17.5 Å². The zero-order valence-electron chi connectivity index (χ0n) is 14.1. The van der Waals surface area contributed by atoms with E-state index in [1.165, 1.54) is 6.33 Å². The van der Waals surface area contributed by atoms with Gasteiger partial charge in [0.05, 0.1) is 18.7 Å². The maximum atomic E-state index is 12.0. The average molecular weight is 343 g/mol. The van der Waals surface area contributed by atoms with Crippen molar-refractivity contribution in [1.82, 2.24) is 15.0 Å². The summed E-state index contributed by atoms with van der Waals surface area (Å²) in [6.07, 6.45) is 6.32. The monoisotopic (exact) mass is 343 g/mol. The smallest absolute Gasteiger partial charge is 0.310 e. The second kappa shape index (κ2) is 7.78. The SMILES string of the molecule is CCOC(=O)C1CCCN(c2ncnc(Oc3cccnc3)c2N)C1. The Hall–Kier alpha value is -2.90. The third-order valence-corrected chi connectivity index (χ3v) is 4.02. The van der Waals surface area contributed by atoms with Crippen LogP contribution in [0, 0.1) is 5.92 Å². The van der Waals surface area contributed by atoms with E-state index >= 15 is 0 Å². The molecule has 0 saturated carbocycles. The molecule has 8 nitrogen and oxygen atoms in total. The Labute approximate surface area is 146 Å². The van der Waals surface area contributed by atoms with E-state index in [1.807, 2.05) is 11.8 Å². The lowest BCUT2D eigenvalue weighted by molar-refractivity contribution is -0.148. The molecule has 1 aliphatic rings. The van der Waals surface area contributed by atoms with E-state index in [0.29, 0.717) is 30.4 Å². The number of piperidine rings is 1. The summed E-state index contributed by atoms with van der Waals surface area (Å²) in [6, 6.07) is 3.54. The molecule has 3 heterocycles. The van der Waals surface area contributed by atoms with Crippen molar-refractivity contribution in [1.29, 1.82) is 0 Å². The first-order valence-electron chi connectivity index (χ1n) is 8.29. The van der Waals surface area contributed by atoms with E-state index < -0.39 is 0 Å². The van der Waals surface area contributed by atoms with Crippen LogP contribution in [-0.2, 0) is 9.53 Å². The molecule has 0 radical (unpaired) electrons. The van der Waals surface area contributed by atoms with Gasteiger partial charge >= 0.3 is 5.97 Å². The zero-order chi connectivity index (χ0) is 17.6. The fourth-order valence-electron chi connectivity index (χ4n) is 2.85. The number of rotatable bonds is 5. The predicted octanol–water partition coefficient (Wildman–Crippen LogP) is 2.03. The van der Waals surface area contributed by atoms with Crippen LogP contribution in [-0.4, -0.2) is 40.6 Å². The number of carbonyl (C=O) groups excluding carboxylic acids is 1. The molecule has 25 heavy (non-hydrogen) atoms. The molecule has 0 spiro atoms. The van der Waals surface area contributed by atoms with E-state index in [0.717, 1.165) is 19.4 Å². The van der Waals surface area contributed by atoms with Gasteiger partial charge in [-0.05, 0) is 31.9 Å². The lowest BCUT2D eigenvalue weighted by atomic mass is 9.98. The molecule has 0 amide bonds. The number of esters is 1. The molecular weight excluding hydrogens is 322 g/mol. The number of carbonyl (C=O) groups is 1. The molecule has 1 unspecified atom stereocenters. The van der Waals surface area contributed by atoms with E-state index in [1.54, 1.807) is 24.5 Å². The molecule has 2 N–H and O–H groups in total. The fourth-order valence-corrected chi connectivity index (χ4v) is 2.85. The van der Waals surface area contributed by atoms with Gasteiger partial charge in [0.25, 0.3) is 0 Å². The van der Waals surface area contributed by atoms with Crippen LogP contribution in [0.2, 0.25) is 0 Å². The van der Waals surface area contributed by atoms with E-state index in [9.17, 15) is 4.79 Å². The topological polar surface area (TPSA) is 103 Å². The lowest BCUT2D eigenvalue weighted by Gasteiger charge is -2.33. The van der Waals surface area contributed by atoms with Crippen molar-refractivity contribution in [2.45, 2.75) is 19.8 Å². The van der Waals surface area contributed by atoms with Crippen LogP contribution in [0.4, 0.5) is 11.5 Å². The maximum absolute atomic E-state index is 12.0. The molecule has 1 atom stereocenters. The van der Waals surface area contributed by atoms with Crippen LogP contribution in [0.3, 0.4) is 0 Å². The third-order valence-electron chi connectivity index (χ3n) is 4.02. The van der Waals surface area contributed by atoms with Crippen LogP contribution < -0.4 is 15.4 Å². The minimum absolute atomic E-state index is 0.174. The number of hydrogen-bond acceptors (Lipinski definition) is 8. The van der Waals surface area contributed by atoms with Gasteiger partial charge in [-0.3, -0.25) is 9.78 Å². The van der Waals surface area contributed by atoms with Crippen molar-refractivity contribution in [3.63, 3.8) is 0 Å². The standard InChI is InChI=1S/C17H21N5O3/c1-2-24-17(23)12-5-4-8-22(10-12)15-14(18)16(21-11-20-15)25-13-6-3-7-19-9-13/h3,6-7,9,11-12H,2,4-5,8,10,18H2,1H3. The van der Waals surface area contributed by atoms with Gasteiger partial charge in [-0.15, -0.1) is 0 Å². The van der Waals surface area contributed by atoms with Gasteiger partial charge in [-0.1, -0.05) is 0 Å². The number of ether oxygens (including phenoxy) is 2. The highest BCUT2D eigenvalue weighted by Gasteiger charge is 2.29. The first-order valence-corrected chi connectivity index (χ1v) is 8.29. The molecule has 3 rings (SSSR count). The van der Waals surface area contributed by atoms with Crippen molar-refractivity contribution in [2.75, 3.05) is 30.3 Å². The van der Waals surface area contributed by atoms with Crippen molar-refractivity contribution < 1.29 is 14.3 Å². The average Bonchev–Trinajstić information content (AvgIpc) is 2.65. The number of anilines is 2. The number of pyridine rings is 1. The Balaban J connectivity index is 1.78. The molecule has 2 aromatic heterocycles. The third kappa shape index (κ3) is 3.96. The highest BCUT2D eigenvalue weighted by atomic mass is 16.5. The number of nitrogens with two attached hydrogens (primary N) is 1. The molecule has 1 fully saturated rings. The van der Waals surface area contributed by atoms with Crippen LogP contribution >= 0.6 is 0 Å². The lowest BCUT2D eigenvalue weighted by Crippen LogP contribution is -2.40. The van der Waals surface area contributed by atoms with Gasteiger partial charge in [0.2, 0.25) is 5.88 Å². The molecule has 2 aromatic rings. The molecule has 0 bridgehead atoms. The number of nitrogen functional groups attached to an aromatic ring is 1. The first-order chi connectivity index (χ1) is 12.2. The molecule has 1 saturated heterocycles. The molecule has 1 aliphatic heterocycles. The van der Waals surface area contributed by atoms with E-state index in [-0.39, 0.29) is 17.8 Å². The number of nitrogens with zero attached hydrogens (tertiary/aromatic N) is 4. The maximum Gasteiger partial charge on any atom is 0.310 e. The predicted molar refractivity (Wildman–Crippen MR) is 92.3 cm³/mol. The number of hydrogen-bond donors (Lipinski definition) is 1. The normalized spacial score (nSPS) is 17.2. The summed E-state index contributed by atoms with van der Waals surface area (Å²) in [6.45, 7) is 3.48. The summed E-state index contributed by atoms with van der Waals surface area (Å²) in [5.41, 5.74) is 6.56. The molecule has 132 valence electrons. The van der Waals surface area contributed by atoms with Crippen molar-refractivity contribution in [3.05, 3.63) is 30.9 Å². The Morgan fingerprint density at radius 2 is 2.32 bits per heavy atom. The van der Waals surface area contributed by atoms with Crippen molar-refractivity contribution in [3.8, 4) is 11.6 Å². The fraction of sp³-hybridized carbons (Fsp3) is 0.412. The largest absolute Gasteiger partial charge is 0.466 e. The highest BCUT2D eigenvalue weighted by molar-refractivity contribution is 5.75. The molecule has 0 aromatic carbocycles. The van der Waals surface area contributed by atoms with Gasteiger partial charge < -0.3 is 20.1 Å². The zero-order valence-corrected chi connectivity index (χ0v) is 14.1. The summed E-state index contributed by atoms with van der Waals surface area (Å²) in [5, 5.41) is 0. The van der Waals surface area contributed by atoms with Gasteiger partial charge in [-0.2, -0.15) is 4.98 Å². The molecule has 8 heteroatoms. The molecule has 0 aliphatic carbocycles. The first kappa shape index (κ1) is 16.9.